The Morgan fingerprint density at radius 1 is 0.370 bits per heavy atom. The van der Waals surface area contributed by atoms with Gasteiger partial charge in [0.1, 0.15) is 0 Å². The molecule has 0 amide bonds. The number of nitrogens with zero attached hydrogens (tertiary/aromatic N) is 2. The molecular weight excluding hydrogens is 653 g/mol. The van der Waals surface area contributed by atoms with Gasteiger partial charge in [0.25, 0.3) is 0 Å². The van der Waals surface area contributed by atoms with Gasteiger partial charge in [0.2, 0.25) is 0 Å². The van der Waals surface area contributed by atoms with Crippen LogP contribution in [0, 0.1) is 0 Å². The number of hydrogen-bond donors (Lipinski definition) is 0. The van der Waals surface area contributed by atoms with E-state index in [1.54, 1.807) is 0 Å². The van der Waals surface area contributed by atoms with Crippen molar-refractivity contribution >= 4 is 49.6 Å². The Morgan fingerprint density at radius 2 is 0.944 bits per heavy atom. The fourth-order valence-corrected chi connectivity index (χ4v) is 7.81. The molecule has 0 fully saturated rings. The zero-order chi connectivity index (χ0) is 39.3. The van der Waals surface area contributed by atoms with E-state index in [1.165, 1.54) is 0 Å². The summed E-state index contributed by atoms with van der Waals surface area (Å²) >= 11 is 0. The Hall–Kier alpha value is -7.16. The molecule has 0 saturated carbocycles. The minimum Gasteiger partial charge on any atom is -0.310 e. The first-order valence-corrected chi connectivity index (χ1v) is 18.2. The highest BCUT2D eigenvalue weighted by Gasteiger charge is 2.21. The fraction of sp³-hybridized carbons (Fsp3) is 0. The van der Waals surface area contributed by atoms with Crippen LogP contribution in [0.1, 0.15) is 5.48 Å². The number of benzene rings is 9. The monoisotopic (exact) mass is 692 g/mol. The molecule has 2 nitrogen and oxygen atoms in total. The molecule has 0 aliphatic carbocycles. The molecule has 0 aliphatic rings. The Morgan fingerprint density at radius 3 is 1.76 bits per heavy atom. The number of fused-ring (bicyclic) bond motifs is 4. The van der Waals surface area contributed by atoms with Crippen molar-refractivity contribution in [1.82, 2.24) is 4.57 Å². The lowest BCUT2D eigenvalue weighted by molar-refractivity contribution is 1.18. The Bertz CT molecular complexity index is 3120. The molecule has 1 aromatic heterocycles. The first-order valence-electron chi connectivity index (χ1n) is 20.2. The van der Waals surface area contributed by atoms with Gasteiger partial charge in [0.15, 0.2) is 0 Å². The van der Waals surface area contributed by atoms with Crippen molar-refractivity contribution in [2.75, 3.05) is 4.90 Å². The van der Waals surface area contributed by atoms with Gasteiger partial charge in [-0.3, -0.25) is 0 Å². The third-order valence-corrected chi connectivity index (χ3v) is 10.3. The lowest BCUT2D eigenvalue weighted by Crippen LogP contribution is -2.11. The summed E-state index contributed by atoms with van der Waals surface area (Å²) in [7, 11) is 0. The van der Waals surface area contributed by atoms with Crippen molar-refractivity contribution in [3.05, 3.63) is 218 Å². The average Bonchev–Trinajstić information content (AvgIpc) is 3.63. The Kier molecular flexibility index (Phi) is 6.84. The smallest absolute Gasteiger partial charge is 0.0645 e. The van der Waals surface area contributed by atoms with Crippen molar-refractivity contribution in [2.45, 2.75) is 0 Å². The van der Waals surface area contributed by atoms with Crippen LogP contribution in [-0.4, -0.2) is 4.57 Å². The molecule has 0 atom stereocenters. The van der Waals surface area contributed by atoms with E-state index in [4.69, 9.17) is 0 Å². The molecule has 0 bridgehead atoms. The van der Waals surface area contributed by atoms with E-state index in [9.17, 15) is 5.48 Å². The maximum absolute atomic E-state index is 9.71. The van der Waals surface area contributed by atoms with Gasteiger partial charge in [-0.25, -0.2) is 0 Å². The van der Waals surface area contributed by atoms with Crippen LogP contribution in [0.5, 0.6) is 0 Å². The van der Waals surface area contributed by atoms with Crippen LogP contribution in [0.2, 0.25) is 0 Å². The minimum absolute atomic E-state index is 0.0937. The van der Waals surface area contributed by atoms with Crippen molar-refractivity contribution in [1.29, 1.82) is 0 Å². The summed E-state index contributed by atoms with van der Waals surface area (Å²) in [6.45, 7) is 0. The van der Waals surface area contributed by atoms with Gasteiger partial charge in [-0.2, -0.15) is 0 Å². The summed E-state index contributed by atoms with van der Waals surface area (Å²) in [6, 6.07) is 64.8. The molecule has 1 heterocycles. The standard InChI is InChI=1S/C52H36N2/c1-3-15-37(16-4-1)38-29-33-42(34-30-38)53(43-35-31-40(32-36-43)45-24-13-18-39-17-7-8-21-44(39)45)49-26-11-9-22-46(49)47-25-14-28-51-52(47)48-23-10-12-27-50(48)54(51)41-19-5-2-6-20-41/h1-36H/i31D,32D,35D,36D. The van der Waals surface area contributed by atoms with E-state index in [0.29, 0.717) is 11.3 Å². The molecule has 54 heavy (non-hydrogen) atoms. The number of aromatic nitrogens is 1. The molecular formula is C52H36N2. The van der Waals surface area contributed by atoms with E-state index >= 15 is 0 Å². The second-order valence-electron chi connectivity index (χ2n) is 13.4. The molecule has 9 aromatic carbocycles. The molecule has 254 valence electrons. The topological polar surface area (TPSA) is 8.17 Å². The molecule has 0 saturated heterocycles. The third-order valence-electron chi connectivity index (χ3n) is 10.3. The third kappa shape index (κ3) is 5.44. The zero-order valence-corrected chi connectivity index (χ0v) is 29.4. The molecule has 10 rings (SSSR count). The second kappa shape index (κ2) is 13.4. The van der Waals surface area contributed by atoms with Gasteiger partial charge in [-0.15, -0.1) is 0 Å². The Labute approximate surface area is 321 Å². The predicted octanol–water partition coefficient (Wildman–Crippen LogP) is 14.4. The maximum Gasteiger partial charge on any atom is 0.0645 e. The van der Waals surface area contributed by atoms with Gasteiger partial charge in [-0.1, -0.05) is 164 Å². The minimum atomic E-state index is -0.121. The van der Waals surface area contributed by atoms with Crippen molar-refractivity contribution < 1.29 is 5.48 Å². The summed E-state index contributed by atoms with van der Waals surface area (Å²) in [6.07, 6.45) is 0. The summed E-state index contributed by atoms with van der Waals surface area (Å²) in [5.41, 5.74) is 9.78. The van der Waals surface area contributed by atoms with Gasteiger partial charge in [0.05, 0.1) is 22.2 Å². The SMILES string of the molecule is [2H]c1c([2H])c(N(c2ccc(-c3ccccc3)cc2)c2ccccc2-c2cccc3c2c2ccccc2n3-c2ccccc2)c([2H])c([2H])c1-c1cccc2ccccc12. The van der Waals surface area contributed by atoms with E-state index < -0.39 is 0 Å². The average molecular weight is 693 g/mol. The van der Waals surface area contributed by atoms with Gasteiger partial charge in [0, 0.05) is 33.4 Å². The normalized spacial score (nSPS) is 12.4. The van der Waals surface area contributed by atoms with E-state index in [2.05, 4.69) is 102 Å². The highest BCUT2D eigenvalue weighted by atomic mass is 15.1. The fourth-order valence-electron chi connectivity index (χ4n) is 7.81. The van der Waals surface area contributed by atoms with Gasteiger partial charge >= 0.3 is 0 Å². The Balaban J connectivity index is 1.24. The number of anilines is 3. The summed E-state index contributed by atoms with van der Waals surface area (Å²) in [5.74, 6) is 0. The number of hydrogen-bond acceptors (Lipinski definition) is 1. The summed E-state index contributed by atoms with van der Waals surface area (Å²) in [5, 5.41) is 4.03. The molecule has 2 heteroatoms. The second-order valence-corrected chi connectivity index (χ2v) is 13.4. The highest BCUT2D eigenvalue weighted by Crippen LogP contribution is 2.46. The summed E-state index contributed by atoms with van der Waals surface area (Å²) in [4.78, 5) is 1.91. The van der Waals surface area contributed by atoms with Crippen molar-refractivity contribution in [3.63, 3.8) is 0 Å². The van der Waals surface area contributed by atoms with Crippen LogP contribution in [0.25, 0.3) is 71.6 Å². The number of rotatable bonds is 7. The van der Waals surface area contributed by atoms with Crippen LogP contribution in [0.15, 0.2) is 218 Å². The largest absolute Gasteiger partial charge is 0.310 e. The quantitative estimate of drug-likeness (QED) is 0.161. The van der Waals surface area contributed by atoms with E-state index in [-0.39, 0.29) is 35.4 Å². The number of para-hydroxylation sites is 3. The van der Waals surface area contributed by atoms with E-state index in [0.717, 1.165) is 66.2 Å². The lowest BCUT2D eigenvalue weighted by Gasteiger charge is -2.28. The van der Waals surface area contributed by atoms with Crippen molar-refractivity contribution in [3.8, 4) is 39.1 Å². The van der Waals surface area contributed by atoms with Crippen LogP contribution < -0.4 is 4.90 Å². The van der Waals surface area contributed by atoms with Gasteiger partial charge in [-0.05, 0) is 93.1 Å². The van der Waals surface area contributed by atoms with Crippen LogP contribution in [0.3, 0.4) is 0 Å². The van der Waals surface area contributed by atoms with Gasteiger partial charge < -0.3 is 9.47 Å². The lowest BCUT2D eigenvalue weighted by atomic mass is 9.96. The maximum atomic E-state index is 9.71. The highest BCUT2D eigenvalue weighted by molar-refractivity contribution is 6.17. The molecule has 0 aliphatic heterocycles. The van der Waals surface area contributed by atoms with Crippen LogP contribution in [0.4, 0.5) is 17.1 Å². The predicted molar refractivity (Wildman–Crippen MR) is 229 cm³/mol. The molecule has 0 N–H and O–H groups in total. The van der Waals surface area contributed by atoms with Crippen molar-refractivity contribution in [2.24, 2.45) is 0 Å². The molecule has 0 spiro atoms. The van der Waals surface area contributed by atoms with Crippen LogP contribution >= 0.6 is 0 Å². The van der Waals surface area contributed by atoms with E-state index in [1.807, 2.05) is 102 Å². The zero-order valence-electron chi connectivity index (χ0n) is 33.4. The molecule has 0 unspecified atom stereocenters. The summed E-state index contributed by atoms with van der Waals surface area (Å²) < 4.78 is 40.8. The first-order chi connectivity index (χ1) is 28.5. The first kappa shape index (κ1) is 27.5. The molecule has 0 radical (unpaired) electrons. The molecule has 10 aromatic rings. The van der Waals surface area contributed by atoms with Crippen LogP contribution in [-0.2, 0) is 0 Å².